The highest BCUT2D eigenvalue weighted by Gasteiger charge is 2.13. The molecule has 0 aliphatic rings. The number of hydrogen-bond donors (Lipinski definition) is 28. The molecule has 32 N–H and O–H groups in total. The molecule has 0 radical (unpaired) electrons. The fraction of sp³-hybridized carbons (Fsp3) is 0.707. The van der Waals surface area contributed by atoms with Crippen LogP contribution in [0.1, 0.15) is 199 Å². The molecule has 0 aromatic carbocycles. The highest BCUT2D eigenvalue weighted by Crippen LogP contribution is 2.15. The number of H-pyrrole nitrogens is 8. The Morgan fingerprint density at radius 1 is 0.232 bits per heavy atom. The second-order valence-electron chi connectivity index (χ2n) is 30.8. The molecule has 0 saturated carbocycles. The Labute approximate surface area is 837 Å². The minimum atomic E-state index is 0.427. The molecule has 0 amide bonds. The number of nitrogens with zero attached hydrogens (tertiary/aromatic N) is 32. The van der Waals surface area contributed by atoms with E-state index < -0.39 is 0 Å². The summed E-state index contributed by atoms with van der Waals surface area (Å²) in [5.74, 6) is 15.8. The van der Waals surface area contributed by atoms with Gasteiger partial charge in [-0.3, -0.25) is 18.3 Å². The van der Waals surface area contributed by atoms with Gasteiger partial charge in [0.15, 0.2) is 0 Å². The van der Waals surface area contributed by atoms with Gasteiger partial charge in [-0.25, -0.2) is 40.8 Å². The summed E-state index contributed by atoms with van der Waals surface area (Å²) in [6.45, 7) is 36.5. The van der Waals surface area contributed by atoms with Crippen LogP contribution in [-0.2, 0) is 28.2 Å². The van der Waals surface area contributed by atoms with Crippen molar-refractivity contribution in [1.82, 2.24) is 181 Å². The van der Waals surface area contributed by atoms with E-state index in [1.807, 2.05) is 106 Å². The summed E-state index contributed by atoms with van der Waals surface area (Å²) in [7, 11) is 29.7. The maximum atomic E-state index is 5.52. The van der Waals surface area contributed by atoms with Crippen LogP contribution in [0.4, 0.5) is 143 Å². The number of anilines is 24. The number of nitrogen functional groups attached to an aromatic ring is 4. The van der Waals surface area contributed by atoms with E-state index in [0.717, 1.165) is 177 Å². The zero-order valence-electron chi connectivity index (χ0n) is 89.8. The van der Waals surface area contributed by atoms with Crippen LogP contribution in [0.3, 0.4) is 0 Å². The molecule has 12 rings (SSSR count). The Bertz CT molecular complexity index is 4890. The minimum Gasteiger partial charge on any atom is -0.368 e. The van der Waals surface area contributed by atoms with Gasteiger partial charge in [0.1, 0.15) is 0 Å². The van der Waals surface area contributed by atoms with Crippen molar-refractivity contribution in [2.45, 2.75) is 199 Å². The summed E-state index contributed by atoms with van der Waals surface area (Å²) < 4.78 is 6.89. The largest absolute Gasteiger partial charge is 0.368 e. The molecule has 12 aromatic heterocycles. The molecule has 142 heavy (non-hydrogen) atoms. The molecule has 0 aliphatic heterocycles. The number of nitrogens with two attached hydrogens (primary N) is 4. The molecule has 0 aliphatic carbocycles. The molecule has 0 atom stereocenters. The van der Waals surface area contributed by atoms with Crippen LogP contribution in [0.15, 0.2) is 0 Å². The lowest BCUT2D eigenvalue weighted by Crippen LogP contribution is -2.19. The van der Waals surface area contributed by atoms with E-state index in [4.69, 9.17) is 22.9 Å². The summed E-state index contributed by atoms with van der Waals surface area (Å²) >= 11 is 0. The number of aromatic nitrogens is 36. The van der Waals surface area contributed by atoms with Crippen molar-refractivity contribution < 1.29 is 0 Å². The van der Waals surface area contributed by atoms with Gasteiger partial charge in [-0.2, -0.15) is 39.9 Å². The van der Waals surface area contributed by atoms with Gasteiger partial charge in [-0.1, -0.05) is 120 Å². The molecule has 0 fully saturated rings. The molecule has 60 heteroatoms. The van der Waals surface area contributed by atoms with Crippen molar-refractivity contribution in [3.05, 3.63) is 0 Å². The monoisotopic (exact) mass is 2000 g/mol. The first-order chi connectivity index (χ1) is 68.6. The molecule has 12 aromatic rings. The first-order valence-corrected chi connectivity index (χ1v) is 48.7. The second-order valence-corrected chi connectivity index (χ2v) is 30.8. The third-order valence-electron chi connectivity index (χ3n) is 19.2. The number of rotatable bonds is 50. The molecule has 60 nitrogen and oxygen atoms in total. The zero-order chi connectivity index (χ0) is 106. The SMILES string of the molecule is CCCCCN(C)c1n[nH]c(NC)n1.CCCCCNc1nc(NC)n[nH]1.CCCCCNc1nnc(N)n1C.CCCCN(C)c1n[nH]c(NC)n1.CCCCNc1nc(NC)n[nH]1.CCCCNc1nnc(N)n1C.CCCN(C)c1n[nH]c(NC)n1.CCCNc1nc(NC)n[nH]1.CCCNc1nnc(N)n1C.CCN(C)c1n[nH]c(NC)n1.CCNc1nc(NC)n[nH]1.CCNc1nnc(N)n1C. The van der Waals surface area contributed by atoms with Crippen LogP contribution in [0.5, 0.6) is 0 Å². The fourth-order valence-corrected chi connectivity index (χ4v) is 10.4. The van der Waals surface area contributed by atoms with Gasteiger partial charge in [0.25, 0.3) is 0 Å². The lowest BCUT2D eigenvalue weighted by molar-refractivity contribution is 0.697. The van der Waals surface area contributed by atoms with Crippen molar-refractivity contribution >= 4 is 143 Å². The number of hydrogen-bond acceptors (Lipinski definition) is 48. The zero-order valence-corrected chi connectivity index (χ0v) is 89.8. The van der Waals surface area contributed by atoms with Crippen molar-refractivity contribution in [3.8, 4) is 0 Å². The smallest absolute Gasteiger partial charge is 0.246 e. The molecule has 0 spiro atoms. The van der Waals surface area contributed by atoms with E-state index in [9.17, 15) is 0 Å². The average molecular weight is 2000 g/mol. The lowest BCUT2D eigenvalue weighted by Gasteiger charge is -2.13. The van der Waals surface area contributed by atoms with E-state index in [2.05, 4.69) is 321 Å². The Morgan fingerprint density at radius 2 is 0.486 bits per heavy atom. The molecular weight excluding hydrogens is 1830 g/mol. The first-order valence-electron chi connectivity index (χ1n) is 48.7. The third-order valence-corrected chi connectivity index (χ3v) is 19.2. The van der Waals surface area contributed by atoms with E-state index in [1.54, 1.807) is 53.5 Å². The predicted octanol–water partition coefficient (Wildman–Crippen LogP) is 8.66. The van der Waals surface area contributed by atoms with Crippen molar-refractivity contribution in [2.24, 2.45) is 28.2 Å². The molecule has 0 bridgehead atoms. The predicted molar refractivity (Wildman–Crippen MR) is 581 cm³/mol. The third kappa shape index (κ3) is 52.6. The summed E-state index contributed by atoms with van der Waals surface area (Å²) in [4.78, 5) is 41.3. The Kier molecular flexibility index (Phi) is 68.4. The van der Waals surface area contributed by atoms with Crippen molar-refractivity contribution in [3.63, 3.8) is 0 Å². The van der Waals surface area contributed by atoms with Crippen molar-refractivity contribution in [2.75, 3.05) is 291 Å². The van der Waals surface area contributed by atoms with Crippen LogP contribution in [-0.4, -0.2) is 344 Å². The Morgan fingerprint density at radius 3 is 0.754 bits per heavy atom. The van der Waals surface area contributed by atoms with Gasteiger partial charge in [0.05, 0.1) is 0 Å². The van der Waals surface area contributed by atoms with E-state index in [-0.39, 0.29) is 0 Å². The number of aromatic amines is 8. The van der Waals surface area contributed by atoms with E-state index in [1.165, 1.54) is 77.0 Å². The topological polar surface area (TPSA) is 765 Å². The first kappa shape index (κ1) is 125. The summed E-state index contributed by atoms with van der Waals surface area (Å²) in [5, 5.41) is 132. The summed E-state index contributed by atoms with van der Waals surface area (Å²) in [5.41, 5.74) is 21.9. The summed E-state index contributed by atoms with van der Waals surface area (Å²) in [6.07, 6.45) is 21.2. The maximum absolute atomic E-state index is 5.52. The highest BCUT2D eigenvalue weighted by atomic mass is 15.5. The van der Waals surface area contributed by atoms with E-state index in [0.29, 0.717) is 83.3 Å². The van der Waals surface area contributed by atoms with Crippen molar-refractivity contribution in [1.29, 1.82) is 0 Å². The standard InChI is InChI=1S/C9H19N5.3C8H17N5.3C7H15N5.3C6H13N5.2C5H11N5/c1-4-5-6-7-14(3)9-11-8(10-2)12-13-9;1-4-5-6-13(3)8-10-7(9-2)11-12-8;1-3-4-5-6-10-8-12-11-7(9)13(8)2;1-3-4-5-6-10-8-11-7(9-2)12-13-8;1-4-5-12(3)7-9-6(8-2)10-11-7;1-3-4-5-9-7-11-10-6(8)12(7)2;1-3-4-5-9-7-10-6(8-2)11-12-7;1-4-11(3)6-8-5(7-2)9-10-6;1-3-4-8-6-10-9-5(7)11(6)2;1-3-4-8-6-9-5(7-2)10-11-6;1-3-7-5-9-8-4(6)10(5)2;1-3-7-5-8-4(6-2)9-10-5/h4-7H2,1-3H3,(H2,10,11,12,13);4-6H2,1-3H3,(H2,9,10,11,12);3-6H2,1-2H3,(H2,9,11)(H,10,12);3-6H2,1-2H3,(H3,9,10,11,12,13);4-5H2,1-3H3,(H2,8,9,10,11);3-5H2,1-2H3,(H2,8,10)(H,9,11);3-5H2,1-2H3,(H3,8,9,10,11,12);4H2,1-3H3,(H2,7,8,9,10);3-4H2,1-2H3,(H2,7,9)(H,8,10);3-4H2,1-2H3,(H3,7,8,9,10,11);3H2,1-2H3,(H2,6,8)(H,7,9);3H2,1-2H3,(H3,6,7,8,9,10). The normalized spacial score (nSPS) is 9.94. The summed E-state index contributed by atoms with van der Waals surface area (Å²) in [6, 6.07) is 0. The van der Waals surface area contributed by atoms with Gasteiger partial charge in [0.2, 0.25) is 143 Å². The van der Waals surface area contributed by atoms with Crippen LogP contribution >= 0.6 is 0 Å². The van der Waals surface area contributed by atoms with Gasteiger partial charge in [-0.05, 0) is 78.6 Å². The Balaban J connectivity index is 0.000000775. The van der Waals surface area contributed by atoms with Gasteiger partial charge in [-0.15, -0.1) is 81.6 Å². The highest BCUT2D eigenvalue weighted by molar-refractivity contribution is 5.42. The van der Waals surface area contributed by atoms with Gasteiger partial charge < -0.3 is 128 Å². The molecule has 0 unspecified atom stereocenters. The fourth-order valence-electron chi connectivity index (χ4n) is 10.4. The van der Waals surface area contributed by atoms with Crippen LogP contribution < -0.4 is 128 Å². The number of nitrogens with one attached hydrogen (secondary N) is 24. The van der Waals surface area contributed by atoms with Crippen LogP contribution in [0.25, 0.3) is 0 Å². The Hall–Kier alpha value is -15.1. The molecule has 804 valence electrons. The van der Waals surface area contributed by atoms with Crippen LogP contribution in [0, 0.1) is 0 Å². The second kappa shape index (κ2) is 77.8. The average Bonchev–Trinajstić information content (AvgIpc) is 1.74. The molecule has 0 saturated heterocycles. The number of unbranched alkanes of at least 4 members (excludes halogenated alkanes) is 9. The van der Waals surface area contributed by atoms with Crippen LogP contribution in [0.2, 0.25) is 0 Å². The maximum Gasteiger partial charge on any atom is 0.246 e. The molecule has 12 heterocycles. The quantitative estimate of drug-likeness (QED) is 0.0158. The van der Waals surface area contributed by atoms with Gasteiger partial charge >= 0.3 is 0 Å². The minimum absolute atomic E-state index is 0.427. The lowest BCUT2D eigenvalue weighted by atomic mass is 10.2. The van der Waals surface area contributed by atoms with Gasteiger partial charge in [0, 0.05) is 191 Å². The van der Waals surface area contributed by atoms with E-state index >= 15 is 0 Å². The molecular formula is C82H176N60.